The lowest BCUT2D eigenvalue weighted by Gasteiger charge is -2.25. The molecule has 2 heterocycles. The van der Waals surface area contributed by atoms with E-state index in [1.807, 2.05) is 0 Å². The zero-order valence-corrected chi connectivity index (χ0v) is 28.4. The Labute approximate surface area is 275 Å². The number of aliphatic carboxylic acids is 1. The van der Waals surface area contributed by atoms with E-state index < -0.39 is 12.0 Å². The Bertz CT molecular complexity index is 1510. The highest BCUT2D eigenvalue weighted by Crippen LogP contribution is 2.47. The lowest BCUT2D eigenvalue weighted by Crippen LogP contribution is -2.40. The molecule has 1 unspecified atom stereocenters. The zero-order chi connectivity index (χ0) is 33.3. The van der Waals surface area contributed by atoms with Gasteiger partial charge < -0.3 is 21.1 Å². The maximum atomic E-state index is 12.5. The second-order valence-electron chi connectivity index (χ2n) is 13.4. The molecule has 0 radical (unpaired) electrons. The molecule has 1 atom stereocenters. The van der Waals surface area contributed by atoms with Crippen molar-refractivity contribution in [1.29, 1.82) is 0 Å². The Morgan fingerprint density at radius 1 is 0.913 bits per heavy atom. The number of hydrogen-bond donors (Lipinski definition) is 3. The van der Waals surface area contributed by atoms with Crippen molar-refractivity contribution in [1.82, 2.24) is 5.32 Å². The van der Waals surface area contributed by atoms with Crippen molar-refractivity contribution in [3.63, 3.8) is 0 Å². The third-order valence-corrected chi connectivity index (χ3v) is 9.51. The molecule has 7 nitrogen and oxygen atoms in total. The van der Waals surface area contributed by atoms with Gasteiger partial charge in [0.1, 0.15) is 12.6 Å². The quantitative estimate of drug-likeness (QED) is 0.105. The molecule has 0 saturated heterocycles. The average molecular weight is 626 g/mol. The number of amides is 1. The van der Waals surface area contributed by atoms with Crippen molar-refractivity contribution in [2.45, 2.75) is 96.4 Å². The van der Waals surface area contributed by atoms with Crippen LogP contribution in [0.15, 0.2) is 84.6 Å². The van der Waals surface area contributed by atoms with E-state index in [0.29, 0.717) is 25.8 Å². The molecule has 2 aliphatic rings. The minimum absolute atomic E-state index is 0.0512. The highest BCUT2D eigenvalue weighted by Gasteiger charge is 2.43. The predicted octanol–water partition coefficient (Wildman–Crippen LogP) is 7.14. The summed E-state index contributed by atoms with van der Waals surface area (Å²) in [6.07, 6.45) is 15.6. The number of allylic oxidation sites excluding steroid dienone is 6. The molecule has 4 N–H and O–H groups in total. The van der Waals surface area contributed by atoms with Gasteiger partial charge in [-0.1, -0.05) is 68.5 Å². The summed E-state index contributed by atoms with van der Waals surface area (Å²) in [5, 5.41) is 12.1. The summed E-state index contributed by atoms with van der Waals surface area (Å²) in [7, 11) is 0. The number of para-hydroxylation sites is 2. The van der Waals surface area contributed by atoms with E-state index in [-0.39, 0.29) is 16.7 Å². The van der Waals surface area contributed by atoms with Gasteiger partial charge in [-0.3, -0.25) is 4.79 Å². The number of nitrogens with two attached hydrogens (primary N) is 1. The molecule has 2 aromatic carbocycles. The van der Waals surface area contributed by atoms with Crippen LogP contribution in [-0.2, 0) is 20.4 Å². The van der Waals surface area contributed by atoms with E-state index in [1.54, 1.807) is 0 Å². The van der Waals surface area contributed by atoms with Crippen molar-refractivity contribution >= 4 is 29.0 Å². The number of nitrogens with zero attached hydrogens (tertiary/aromatic N) is 2. The van der Waals surface area contributed by atoms with Gasteiger partial charge in [-0.2, -0.15) is 4.58 Å². The number of carboxylic acid groups (broad SMARTS) is 1. The summed E-state index contributed by atoms with van der Waals surface area (Å²) in [6.45, 7) is 13.7. The van der Waals surface area contributed by atoms with Gasteiger partial charge in [0.15, 0.2) is 5.71 Å². The van der Waals surface area contributed by atoms with Crippen molar-refractivity contribution in [2.24, 2.45) is 5.73 Å². The third kappa shape index (κ3) is 7.69. The standard InChI is InChI=1S/C39H52N4O3/c1-6-42-32-22-14-12-19-29(32)38(2,3)34(42)24-9-7-10-25-35-39(4,5)30-20-13-15-23-33(30)43(35)28-18-8-11-26-36(44)41-31(37(45)46)21-16-17-27-40/h7,9-10,12-15,19-20,22-25,31H,6,8,11,16-18,21,26-28,40H2,1-5H3,(H-,41,44,45,46)/p+1. The summed E-state index contributed by atoms with van der Waals surface area (Å²) in [6, 6.07) is 16.5. The summed E-state index contributed by atoms with van der Waals surface area (Å²) in [5.41, 5.74) is 13.1. The SMILES string of the molecule is CCN1/C(=C/C=C/C=C/C2=[N+](CCCCCC(=O)NC(CCCCN)C(=O)O)c3ccccc3C2(C)C)C(C)(C)c2ccccc21. The summed E-state index contributed by atoms with van der Waals surface area (Å²) in [4.78, 5) is 26.4. The summed E-state index contributed by atoms with van der Waals surface area (Å²) >= 11 is 0. The van der Waals surface area contributed by atoms with Crippen LogP contribution >= 0.6 is 0 Å². The number of likely N-dealkylation sites (N-methyl/N-ethyl adjacent to an activating group) is 1. The number of unbranched alkanes of at least 4 members (excludes halogenated alkanes) is 3. The molecule has 7 heteroatoms. The van der Waals surface area contributed by atoms with Gasteiger partial charge in [0.2, 0.25) is 11.6 Å². The van der Waals surface area contributed by atoms with E-state index in [2.05, 4.69) is 128 Å². The molecule has 246 valence electrons. The smallest absolute Gasteiger partial charge is 0.326 e. The number of carbonyl (C=O) groups is 2. The molecule has 4 rings (SSSR count). The Kier molecular flexibility index (Phi) is 11.8. The number of fused-ring (bicyclic) bond motifs is 2. The fourth-order valence-electron chi connectivity index (χ4n) is 6.97. The number of rotatable bonds is 16. The van der Waals surface area contributed by atoms with Crippen LogP contribution in [-0.4, -0.2) is 52.9 Å². The highest BCUT2D eigenvalue weighted by atomic mass is 16.4. The monoisotopic (exact) mass is 625 g/mol. The van der Waals surface area contributed by atoms with Crippen LogP contribution in [0.3, 0.4) is 0 Å². The van der Waals surface area contributed by atoms with Crippen molar-refractivity contribution in [3.8, 4) is 0 Å². The van der Waals surface area contributed by atoms with Crippen LogP contribution in [0, 0.1) is 0 Å². The first-order valence-corrected chi connectivity index (χ1v) is 16.9. The molecule has 0 spiro atoms. The fraction of sp³-hybridized carbons (Fsp3) is 0.462. The second-order valence-corrected chi connectivity index (χ2v) is 13.4. The highest BCUT2D eigenvalue weighted by molar-refractivity contribution is 6.03. The lowest BCUT2D eigenvalue weighted by molar-refractivity contribution is -0.438. The Hall–Kier alpha value is -3.97. The largest absolute Gasteiger partial charge is 0.480 e. The first kappa shape index (κ1) is 34.9. The van der Waals surface area contributed by atoms with Crippen LogP contribution in [0.25, 0.3) is 0 Å². The molecule has 0 saturated carbocycles. The topological polar surface area (TPSA) is 98.7 Å². The molecule has 46 heavy (non-hydrogen) atoms. The van der Waals surface area contributed by atoms with Crippen LogP contribution in [0.2, 0.25) is 0 Å². The van der Waals surface area contributed by atoms with Gasteiger partial charge in [0, 0.05) is 53.9 Å². The second kappa shape index (κ2) is 15.5. The van der Waals surface area contributed by atoms with Crippen LogP contribution in [0.5, 0.6) is 0 Å². The molecule has 0 bridgehead atoms. The minimum Gasteiger partial charge on any atom is -0.480 e. The molecular formula is C39H53N4O3+. The summed E-state index contributed by atoms with van der Waals surface area (Å²) in [5.74, 6) is -1.18. The Morgan fingerprint density at radius 3 is 2.35 bits per heavy atom. The number of nitrogens with one attached hydrogen (secondary N) is 1. The predicted molar refractivity (Wildman–Crippen MR) is 189 cm³/mol. The van der Waals surface area contributed by atoms with Gasteiger partial charge in [-0.15, -0.1) is 0 Å². The zero-order valence-electron chi connectivity index (χ0n) is 28.4. The maximum absolute atomic E-state index is 12.5. The fourth-order valence-corrected chi connectivity index (χ4v) is 6.97. The van der Waals surface area contributed by atoms with Gasteiger partial charge in [-0.05, 0) is 77.1 Å². The first-order chi connectivity index (χ1) is 22.0. The molecule has 0 aliphatic carbocycles. The third-order valence-electron chi connectivity index (χ3n) is 9.51. The minimum atomic E-state index is -0.987. The van der Waals surface area contributed by atoms with Crippen molar-refractivity contribution < 1.29 is 19.3 Å². The molecule has 0 fully saturated rings. The van der Waals surface area contributed by atoms with E-state index in [4.69, 9.17) is 5.73 Å². The van der Waals surface area contributed by atoms with Gasteiger partial charge >= 0.3 is 5.97 Å². The number of carbonyl (C=O) groups excluding carboxylic acids is 1. The average Bonchev–Trinajstić information content (AvgIpc) is 3.38. The van der Waals surface area contributed by atoms with E-state index in [1.165, 1.54) is 33.9 Å². The van der Waals surface area contributed by atoms with Crippen molar-refractivity contribution in [3.05, 3.63) is 95.7 Å². The van der Waals surface area contributed by atoms with Crippen LogP contribution in [0.1, 0.15) is 90.7 Å². The first-order valence-electron chi connectivity index (χ1n) is 16.9. The van der Waals surface area contributed by atoms with E-state index in [9.17, 15) is 14.7 Å². The molecular weight excluding hydrogens is 572 g/mol. The van der Waals surface area contributed by atoms with Gasteiger partial charge in [-0.25, -0.2) is 4.79 Å². The number of benzene rings is 2. The van der Waals surface area contributed by atoms with Gasteiger partial charge in [0.25, 0.3) is 0 Å². The molecule has 1 amide bonds. The molecule has 2 aromatic rings. The normalized spacial score (nSPS) is 18.0. The van der Waals surface area contributed by atoms with E-state index in [0.717, 1.165) is 38.8 Å². The van der Waals surface area contributed by atoms with Crippen LogP contribution in [0.4, 0.5) is 11.4 Å². The Balaban J connectivity index is 1.41. The number of anilines is 1. The van der Waals surface area contributed by atoms with E-state index >= 15 is 0 Å². The van der Waals surface area contributed by atoms with Crippen LogP contribution < -0.4 is 16.0 Å². The lowest BCUT2D eigenvalue weighted by atomic mass is 9.81. The summed E-state index contributed by atoms with van der Waals surface area (Å²) < 4.78 is 2.42. The van der Waals surface area contributed by atoms with Crippen molar-refractivity contribution in [2.75, 3.05) is 24.5 Å². The maximum Gasteiger partial charge on any atom is 0.326 e. The number of carboxylic acids is 1. The Morgan fingerprint density at radius 2 is 1.63 bits per heavy atom. The van der Waals surface area contributed by atoms with Gasteiger partial charge in [0.05, 0.1) is 5.41 Å². The molecule has 2 aliphatic heterocycles. The molecule has 0 aromatic heterocycles. The number of hydrogen-bond acceptors (Lipinski definition) is 4.